The number of rotatable bonds is 5. The van der Waals surface area contributed by atoms with Crippen LogP contribution in [-0.2, 0) is 9.59 Å². The number of carbonyl (C=O) groups excluding carboxylic acids is 2. The van der Waals surface area contributed by atoms with Crippen molar-refractivity contribution >= 4 is 46.7 Å². The number of hydrogen-bond donors (Lipinski definition) is 1. The lowest BCUT2D eigenvalue weighted by molar-refractivity contribution is -0.122. The number of benzene rings is 2. The zero-order chi connectivity index (χ0) is 17.8. The summed E-state index contributed by atoms with van der Waals surface area (Å²) in [6.45, 7) is 0.423. The van der Waals surface area contributed by atoms with E-state index in [9.17, 15) is 9.59 Å². The van der Waals surface area contributed by atoms with Gasteiger partial charge in [-0.25, -0.2) is 0 Å². The highest BCUT2D eigenvalue weighted by Crippen LogP contribution is 2.28. The number of nitrogens with one attached hydrogen (secondary N) is 1. The molecule has 1 atom stereocenters. The summed E-state index contributed by atoms with van der Waals surface area (Å²) in [5, 5.41) is 2.92. The average Bonchev–Trinajstić information content (AvgIpc) is 3.04. The lowest BCUT2D eigenvalue weighted by Gasteiger charge is -2.17. The second-order valence-corrected chi connectivity index (χ2v) is 7.58. The van der Waals surface area contributed by atoms with Crippen LogP contribution in [0.1, 0.15) is 6.42 Å². The molecule has 0 saturated carbocycles. The third-order valence-corrected chi connectivity index (χ3v) is 5.72. The Kier molecular flexibility index (Phi) is 5.71. The Morgan fingerprint density at radius 1 is 1.00 bits per heavy atom. The summed E-state index contributed by atoms with van der Waals surface area (Å²) < 4.78 is 0. The van der Waals surface area contributed by atoms with Crippen molar-refractivity contribution in [2.45, 2.75) is 16.2 Å². The topological polar surface area (TPSA) is 49.4 Å². The molecule has 2 aromatic rings. The zero-order valence-electron chi connectivity index (χ0n) is 14.2. The predicted octanol–water partition coefficient (Wildman–Crippen LogP) is 4.12. The molecule has 0 spiro atoms. The molecule has 0 radical (unpaired) electrons. The molecule has 3 rings (SSSR count). The molecule has 1 aliphatic heterocycles. The van der Waals surface area contributed by atoms with Crippen LogP contribution in [0.2, 0.25) is 0 Å². The second kappa shape index (κ2) is 7.97. The van der Waals surface area contributed by atoms with Crippen molar-refractivity contribution in [2.75, 3.05) is 29.3 Å². The molecule has 2 amide bonds. The van der Waals surface area contributed by atoms with Crippen LogP contribution in [0.15, 0.2) is 58.3 Å². The fourth-order valence-corrected chi connectivity index (χ4v) is 3.63. The molecule has 0 aliphatic carbocycles. The molecule has 1 N–H and O–H groups in total. The Morgan fingerprint density at radius 2 is 1.56 bits per heavy atom. The number of thioether (sulfide) groups is 2. The number of amides is 2. The van der Waals surface area contributed by atoms with Gasteiger partial charge in [-0.15, -0.1) is 23.5 Å². The maximum atomic E-state index is 12.5. The summed E-state index contributed by atoms with van der Waals surface area (Å²) in [4.78, 5) is 28.8. The van der Waals surface area contributed by atoms with Gasteiger partial charge in [-0.05, 0) is 61.0 Å². The quantitative estimate of drug-likeness (QED) is 0.802. The van der Waals surface area contributed by atoms with Crippen LogP contribution in [0.5, 0.6) is 0 Å². The van der Waals surface area contributed by atoms with E-state index < -0.39 is 0 Å². The Hall–Kier alpha value is -1.92. The molecule has 0 bridgehead atoms. The largest absolute Gasteiger partial charge is 0.326 e. The molecule has 6 heteroatoms. The van der Waals surface area contributed by atoms with E-state index in [2.05, 4.69) is 5.32 Å². The lowest BCUT2D eigenvalue weighted by atomic mass is 10.1. The van der Waals surface area contributed by atoms with Gasteiger partial charge in [-0.1, -0.05) is 0 Å². The molecule has 4 nitrogen and oxygen atoms in total. The number of hydrogen-bond acceptors (Lipinski definition) is 4. The van der Waals surface area contributed by atoms with Crippen LogP contribution >= 0.6 is 23.5 Å². The maximum Gasteiger partial charge on any atom is 0.229 e. The minimum atomic E-state index is -0.326. The van der Waals surface area contributed by atoms with Gasteiger partial charge in [0, 0.05) is 34.1 Å². The number of anilines is 2. The molecule has 2 aromatic carbocycles. The number of nitrogens with zero attached hydrogens (tertiary/aromatic N) is 1. The van der Waals surface area contributed by atoms with E-state index in [-0.39, 0.29) is 24.2 Å². The maximum absolute atomic E-state index is 12.5. The molecule has 1 saturated heterocycles. The summed E-state index contributed by atoms with van der Waals surface area (Å²) in [7, 11) is 0. The second-order valence-electron chi connectivity index (χ2n) is 5.82. The van der Waals surface area contributed by atoms with Gasteiger partial charge in [0.2, 0.25) is 11.8 Å². The van der Waals surface area contributed by atoms with Crippen LogP contribution in [0.25, 0.3) is 0 Å². The Bertz CT molecular complexity index is 760. The van der Waals surface area contributed by atoms with Gasteiger partial charge in [-0.2, -0.15) is 0 Å². The first-order valence-corrected chi connectivity index (χ1v) is 10.4. The van der Waals surface area contributed by atoms with Crippen molar-refractivity contribution in [3.63, 3.8) is 0 Å². The van der Waals surface area contributed by atoms with Gasteiger partial charge in [0.1, 0.15) is 0 Å². The molecule has 0 aromatic heterocycles. The van der Waals surface area contributed by atoms with Crippen molar-refractivity contribution in [1.29, 1.82) is 0 Å². The molecule has 130 valence electrons. The predicted molar refractivity (Wildman–Crippen MR) is 106 cm³/mol. The Labute approximate surface area is 156 Å². The molecule has 1 fully saturated rings. The van der Waals surface area contributed by atoms with Gasteiger partial charge in [-0.3, -0.25) is 9.59 Å². The minimum absolute atomic E-state index is 0.00483. The SMILES string of the molecule is CSc1ccc(NC(=O)C2CC(=O)N(c3ccc(SC)cc3)C2)cc1. The Morgan fingerprint density at radius 3 is 2.12 bits per heavy atom. The first-order chi connectivity index (χ1) is 12.1. The van der Waals surface area contributed by atoms with E-state index >= 15 is 0 Å². The highest BCUT2D eigenvalue weighted by Gasteiger charge is 2.35. The molecule has 25 heavy (non-hydrogen) atoms. The van der Waals surface area contributed by atoms with Gasteiger partial charge in [0.15, 0.2) is 0 Å². The van der Waals surface area contributed by atoms with Crippen LogP contribution in [-0.4, -0.2) is 30.9 Å². The normalized spacial score (nSPS) is 17.0. The average molecular weight is 373 g/mol. The van der Waals surface area contributed by atoms with Gasteiger partial charge in [0.25, 0.3) is 0 Å². The van der Waals surface area contributed by atoms with Gasteiger partial charge in [0.05, 0.1) is 5.92 Å². The molecular weight excluding hydrogens is 352 g/mol. The third kappa shape index (κ3) is 4.19. The minimum Gasteiger partial charge on any atom is -0.326 e. The summed E-state index contributed by atoms with van der Waals surface area (Å²) in [5.74, 6) is -0.434. The third-order valence-electron chi connectivity index (χ3n) is 4.24. The van der Waals surface area contributed by atoms with E-state index in [1.807, 2.05) is 61.0 Å². The summed E-state index contributed by atoms with van der Waals surface area (Å²) in [6, 6.07) is 15.6. The molecule has 1 aliphatic rings. The van der Waals surface area contributed by atoms with E-state index in [1.165, 1.54) is 0 Å². The molecule has 1 unspecified atom stereocenters. The van der Waals surface area contributed by atoms with Crippen molar-refractivity contribution in [3.8, 4) is 0 Å². The number of carbonyl (C=O) groups is 2. The van der Waals surface area contributed by atoms with Crippen molar-refractivity contribution in [2.24, 2.45) is 5.92 Å². The monoisotopic (exact) mass is 372 g/mol. The van der Waals surface area contributed by atoms with Gasteiger partial charge < -0.3 is 10.2 Å². The summed E-state index contributed by atoms with van der Waals surface area (Å²) >= 11 is 3.32. The Balaban J connectivity index is 1.65. The van der Waals surface area contributed by atoms with E-state index in [0.717, 1.165) is 21.2 Å². The van der Waals surface area contributed by atoms with Crippen molar-refractivity contribution < 1.29 is 9.59 Å². The smallest absolute Gasteiger partial charge is 0.229 e. The fraction of sp³-hybridized carbons (Fsp3) is 0.263. The fourth-order valence-electron chi connectivity index (χ4n) is 2.81. The summed E-state index contributed by atoms with van der Waals surface area (Å²) in [5.41, 5.74) is 1.61. The highest BCUT2D eigenvalue weighted by molar-refractivity contribution is 7.98. The highest BCUT2D eigenvalue weighted by atomic mass is 32.2. The summed E-state index contributed by atoms with van der Waals surface area (Å²) in [6.07, 6.45) is 4.28. The van der Waals surface area contributed by atoms with E-state index in [0.29, 0.717) is 6.54 Å². The van der Waals surface area contributed by atoms with Crippen molar-refractivity contribution in [1.82, 2.24) is 0 Å². The first-order valence-electron chi connectivity index (χ1n) is 8.00. The first kappa shape index (κ1) is 17.9. The molecule has 1 heterocycles. The molecular formula is C19H20N2O2S2. The van der Waals surface area contributed by atoms with Gasteiger partial charge >= 0.3 is 0 Å². The standard InChI is InChI=1S/C19H20N2O2S2/c1-24-16-7-3-14(4-8-16)20-19(23)13-11-18(22)21(12-13)15-5-9-17(25-2)10-6-15/h3-10,13H,11-12H2,1-2H3,(H,20,23). The van der Waals surface area contributed by atoms with Crippen LogP contribution < -0.4 is 10.2 Å². The zero-order valence-corrected chi connectivity index (χ0v) is 15.8. The van der Waals surface area contributed by atoms with E-state index in [4.69, 9.17) is 0 Å². The van der Waals surface area contributed by atoms with Crippen molar-refractivity contribution in [3.05, 3.63) is 48.5 Å². The van der Waals surface area contributed by atoms with Crippen LogP contribution in [0, 0.1) is 5.92 Å². The van der Waals surface area contributed by atoms with E-state index in [1.54, 1.807) is 28.4 Å². The lowest BCUT2D eigenvalue weighted by Crippen LogP contribution is -2.28. The van der Waals surface area contributed by atoms with Crippen LogP contribution in [0.4, 0.5) is 11.4 Å². The van der Waals surface area contributed by atoms with Crippen LogP contribution in [0.3, 0.4) is 0 Å².